The van der Waals surface area contributed by atoms with Crippen molar-refractivity contribution in [2.45, 2.75) is 4.90 Å². The molecule has 0 N–H and O–H groups in total. The first-order valence-electron chi connectivity index (χ1n) is 8.92. The summed E-state index contributed by atoms with van der Waals surface area (Å²) in [6.07, 6.45) is 0. The number of carbonyl (C=O) groups excluding carboxylic acids is 1. The van der Waals surface area contributed by atoms with Crippen molar-refractivity contribution in [2.24, 2.45) is 0 Å². The van der Waals surface area contributed by atoms with Crippen molar-refractivity contribution in [2.75, 3.05) is 36.8 Å². The molecule has 1 saturated heterocycles. The monoisotopic (exact) mass is 434 g/mol. The number of sulfone groups is 1. The zero-order valence-corrected chi connectivity index (χ0v) is 16.5. The maximum absolute atomic E-state index is 12.6. The molecular weight excluding hydrogens is 416 g/mol. The second-order valence-electron chi connectivity index (χ2n) is 6.63. The number of hydrogen-bond acceptors (Lipinski definition) is 8. The topological polar surface area (TPSA) is 144 Å². The summed E-state index contributed by atoms with van der Waals surface area (Å²) in [5.74, 6) is -1.62. The Labute approximate surface area is 171 Å². The number of carbonyl (C=O) groups is 1. The van der Waals surface area contributed by atoms with Crippen LogP contribution in [-0.4, -0.2) is 61.0 Å². The summed E-state index contributed by atoms with van der Waals surface area (Å²) in [4.78, 5) is 35.5. The van der Waals surface area contributed by atoms with Gasteiger partial charge in [0.2, 0.25) is 5.91 Å². The molecule has 12 heteroatoms. The largest absolute Gasteiger partial charge is 0.368 e. The maximum Gasteiger partial charge on any atom is 0.294 e. The lowest BCUT2D eigenvalue weighted by atomic mass is 10.2. The Kier molecular flexibility index (Phi) is 5.96. The average molecular weight is 434 g/mol. The van der Waals surface area contributed by atoms with Gasteiger partial charge >= 0.3 is 0 Å². The maximum atomic E-state index is 12.6. The molecule has 3 rings (SSSR count). The lowest BCUT2D eigenvalue weighted by molar-refractivity contribution is -0.396. The van der Waals surface area contributed by atoms with Crippen LogP contribution in [0.3, 0.4) is 0 Å². The van der Waals surface area contributed by atoms with E-state index >= 15 is 0 Å². The zero-order valence-electron chi connectivity index (χ0n) is 15.7. The SMILES string of the molecule is O=C(CS(=O)(=O)c1ccc([N+](=O)[O-])cc1[N+](=O)[O-])N1CCN(c2ccccc2)CC1. The van der Waals surface area contributed by atoms with Gasteiger partial charge in [-0.05, 0) is 18.2 Å². The minimum absolute atomic E-state index is 0.311. The van der Waals surface area contributed by atoms with Crippen molar-refractivity contribution in [1.29, 1.82) is 0 Å². The molecule has 1 heterocycles. The molecule has 1 aliphatic rings. The number of benzene rings is 2. The summed E-state index contributed by atoms with van der Waals surface area (Å²) >= 11 is 0. The van der Waals surface area contributed by atoms with Gasteiger partial charge in [-0.1, -0.05) is 18.2 Å². The normalized spacial score (nSPS) is 14.4. The molecule has 1 aliphatic heterocycles. The molecule has 0 radical (unpaired) electrons. The second kappa shape index (κ2) is 8.45. The summed E-state index contributed by atoms with van der Waals surface area (Å²) in [6, 6.07) is 11.8. The van der Waals surface area contributed by atoms with E-state index in [0.717, 1.165) is 17.8 Å². The van der Waals surface area contributed by atoms with Crippen LogP contribution in [0.1, 0.15) is 0 Å². The van der Waals surface area contributed by atoms with Gasteiger partial charge in [-0.2, -0.15) is 0 Å². The fourth-order valence-electron chi connectivity index (χ4n) is 3.21. The minimum Gasteiger partial charge on any atom is -0.368 e. The van der Waals surface area contributed by atoms with Crippen molar-refractivity contribution in [1.82, 2.24) is 4.90 Å². The first kappa shape index (κ1) is 21.2. The van der Waals surface area contributed by atoms with E-state index in [0.29, 0.717) is 32.2 Å². The number of nitro groups is 2. The molecule has 0 saturated carbocycles. The van der Waals surface area contributed by atoms with Crippen LogP contribution in [0.5, 0.6) is 0 Å². The van der Waals surface area contributed by atoms with Gasteiger partial charge in [-0.25, -0.2) is 8.42 Å². The van der Waals surface area contributed by atoms with E-state index in [9.17, 15) is 33.4 Å². The van der Waals surface area contributed by atoms with Crippen LogP contribution in [0.2, 0.25) is 0 Å². The van der Waals surface area contributed by atoms with Gasteiger partial charge in [-0.15, -0.1) is 0 Å². The van der Waals surface area contributed by atoms with Crippen molar-refractivity contribution in [3.05, 3.63) is 68.8 Å². The molecule has 30 heavy (non-hydrogen) atoms. The molecule has 158 valence electrons. The molecule has 0 spiro atoms. The number of rotatable bonds is 6. The van der Waals surface area contributed by atoms with E-state index < -0.39 is 47.6 Å². The van der Waals surface area contributed by atoms with E-state index in [-0.39, 0.29) is 0 Å². The highest BCUT2D eigenvalue weighted by atomic mass is 32.2. The number of non-ortho nitro benzene ring substituents is 1. The predicted octanol–water partition coefficient (Wildman–Crippen LogP) is 1.63. The van der Waals surface area contributed by atoms with Gasteiger partial charge in [0.05, 0.1) is 15.9 Å². The fraction of sp³-hybridized carbons (Fsp3) is 0.278. The summed E-state index contributed by atoms with van der Waals surface area (Å²) in [7, 11) is -4.36. The lowest BCUT2D eigenvalue weighted by Gasteiger charge is -2.36. The van der Waals surface area contributed by atoms with Crippen LogP contribution < -0.4 is 4.90 Å². The smallest absolute Gasteiger partial charge is 0.294 e. The molecule has 2 aromatic rings. The van der Waals surface area contributed by atoms with Gasteiger partial charge in [0.25, 0.3) is 11.4 Å². The Bertz CT molecular complexity index is 1080. The molecule has 11 nitrogen and oxygen atoms in total. The third-order valence-corrected chi connectivity index (χ3v) is 6.39. The molecule has 2 aromatic carbocycles. The molecule has 1 amide bonds. The van der Waals surface area contributed by atoms with Crippen molar-refractivity contribution in [3.8, 4) is 0 Å². The zero-order chi connectivity index (χ0) is 21.9. The Hall–Kier alpha value is -3.54. The van der Waals surface area contributed by atoms with Crippen molar-refractivity contribution < 1.29 is 23.1 Å². The van der Waals surface area contributed by atoms with Crippen LogP contribution in [0.25, 0.3) is 0 Å². The average Bonchev–Trinajstić information content (AvgIpc) is 2.73. The quantitative estimate of drug-likeness (QED) is 0.493. The Balaban J connectivity index is 1.72. The van der Waals surface area contributed by atoms with E-state index in [1.807, 2.05) is 30.3 Å². The third kappa shape index (κ3) is 4.54. The van der Waals surface area contributed by atoms with E-state index in [2.05, 4.69) is 4.90 Å². The summed E-state index contributed by atoms with van der Waals surface area (Å²) in [5, 5.41) is 22.0. The highest BCUT2D eigenvalue weighted by Crippen LogP contribution is 2.29. The van der Waals surface area contributed by atoms with Gasteiger partial charge < -0.3 is 9.80 Å². The van der Waals surface area contributed by atoms with Crippen LogP contribution >= 0.6 is 0 Å². The summed E-state index contributed by atoms with van der Waals surface area (Å²) in [6.45, 7) is 1.66. The number of piperazine rings is 1. The van der Waals surface area contributed by atoms with Crippen LogP contribution in [-0.2, 0) is 14.6 Å². The van der Waals surface area contributed by atoms with E-state index in [1.165, 1.54) is 4.90 Å². The summed E-state index contributed by atoms with van der Waals surface area (Å²) in [5.41, 5.74) is -0.534. The number of amides is 1. The van der Waals surface area contributed by atoms with Gasteiger partial charge in [0.1, 0.15) is 10.6 Å². The molecule has 0 aromatic heterocycles. The second-order valence-corrected chi connectivity index (χ2v) is 8.59. The molecule has 0 bridgehead atoms. The summed E-state index contributed by atoms with van der Waals surface area (Å²) < 4.78 is 25.3. The van der Waals surface area contributed by atoms with Crippen molar-refractivity contribution in [3.63, 3.8) is 0 Å². The molecular formula is C18H18N4O7S. The van der Waals surface area contributed by atoms with Gasteiger partial charge in [0, 0.05) is 37.9 Å². The number of hydrogen-bond donors (Lipinski definition) is 0. The molecule has 0 aliphatic carbocycles. The van der Waals surface area contributed by atoms with Crippen molar-refractivity contribution >= 4 is 32.8 Å². The minimum atomic E-state index is -4.36. The lowest BCUT2D eigenvalue weighted by Crippen LogP contribution is -2.50. The Morgan fingerprint density at radius 1 is 0.933 bits per heavy atom. The van der Waals surface area contributed by atoms with Crippen LogP contribution in [0, 0.1) is 20.2 Å². The van der Waals surface area contributed by atoms with E-state index in [4.69, 9.17) is 0 Å². The molecule has 0 atom stereocenters. The van der Waals surface area contributed by atoms with E-state index in [1.54, 1.807) is 0 Å². The highest BCUT2D eigenvalue weighted by molar-refractivity contribution is 7.92. The molecule has 1 fully saturated rings. The van der Waals surface area contributed by atoms with Crippen LogP contribution in [0.15, 0.2) is 53.4 Å². The number of nitro benzene ring substituents is 2. The highest BCUT2D eigenvalue weighted by Gasteiger charge is 2.32. The third-order valence-electron chi connectivity index (χ3n) is 4.75. The molecule has 0 unspecified atom stereocenters. The van der Waals surface area contributed by atoms with Gasteiger partial charge in [0.15, 0.2) is 9.84 Å². The fourth-order valence-corrected chi connectivity index (χ4v) is 4.60. The first-order valence-corrected chi connectivity index (χ1v) is 10.6. The predicted molar refractivity (Wildman–Crippen MR) is 107 cm³/mol. The van der Waals surface area contributed by atoms with Crippen LogP contribution in [0.4, 0.5) is 17.1 Å². The Morgan fingerprint density at radius 3 is 2.13 bits per heavy atom. The number of nitrogens with zero attached hydrogens (tertiary/aromatic N) is 4. The first-order chi connectivity index (χ1) is 14.2. The number of para-hydroxylation sites is 1. The standard InChI is InChI=1S/C18H18N4O7S/c23-18(20-10-8-19(9-11-20)14-4-2-1-3-5-14)13-30(28,29)17-7-6-15(21(24)25)12-16(17)22(26)27/h1-7,12H,8-11,13H2. The Morgan fingerprint density at radius 2 is 1.57 bits per heavy atom. The number of anilines is 1. The van der Waals surface area contributed by atoms with Gasteiger partial charge in [-0.3, -0.25) is 25.0 Å².